The number of halogens is 2. The molecule has 3 aromatic carbocycles. The van der Waals surface area contributed by atoms with Crippen LogP contribution in [0, 0.1) is 11.6 Å². The Balaban J connectivity index is 1.62. The van der Waals surface area contributed by atoms with Crippen LogP contribution in [0.5, 0.6) is 0 Å². The van der Waals surface area contributed by atoms with Gasteiger partial charge in [-0.25, -0.2) is 13.6 Å². The summed E-state index contributed by atoms with van der Waals surface area (Å²) >= 11 is 0. The van der Waals surface area contributed by atoms with Gasteiger partial charge >= 0.3 is 6.09 Å². The second-order valence-corrected chi connectivity index (χ2v) is 7.28. The van der Waals surface area contributed by atoms with Gasteiger partial charge in [-0.3, -0.25) is 4.90 Å². The molecule has 4 rings (SSSR count). The molecule has 0 aliphatic carbocycles. The number of rotatable bonds is 5. The summed E-state index contributed by atoms with van der Waals surface area (Å²) in [4.78, 5) is 14.4. The lowest BCUT2D eigenvalue weighted by Gasteiger charge is -2.41. The monoisotopic (exact) mass is 409 g/mol. The molecule has 1 aliphatic heterocycles. The Bertz CT molecular complexity index is 1060. The summed E-state index contributed by atoms with van der Waals surface area (Å²) < 4.78 is 33.3. The fourth-order valence-corrected chi connectivity index (χ4v) is 3.90. The second-order valence-electron chi connectivity index (χ2n) is 7.28. The van der Waals surface area contributed by atoms with Gasteiger partial charge in [-0.05, 0) is 35.4 Å². The highest BCUT2D eigenvalue weighted by atomic mass is 19.1. The predicted octanol–water partition coefficient (Wildman–Crippen LogP) is 5.26. The first-order chi connectivity index (χ1) is 14.5. The molecular weight excluding hydrogens is 388 g/mol. The van der Waals surface area contributed by atoms with Crippen LogP contribution in [0.15, 0.2) is 72.8 Å². The van der Waals surface area contributed by atoms with Gasteiger partial charge in [-0.2, -0.15) is 0 Å². The average molecular weight is 409 g/mol. The first kappa shape index (κ1) is 20.0. The number of carbonyl (C=O) groups excluding carboxylic acids is 1. The van der Waals surface area contributed by atoms with Crippen molar-refractivity contribution in [2.45, 2.75) is 18.4 Å². The molecule has 4 nitrogen and oxygen atoms in total. The van der Waals surface area contributed by atoms with Gasteiger partial charge in [0, 0.05) is 43.3 Å². The third-order valence-electron chi connectivity index (χ3n) is 5.46. The highest BCUT2D eigenvalue weighted by molar-refractivity contribution is 5.90. The van der Waals surface area contributed by atoms with Crippen LogP contribution in [0.1, 0.15) is 18.4 Å². The molecule has 1 saturated heterocycles. The number of ether oxygens (including phenoxy) is 1. The number of amides is 1. The minimum absolute atomic E-state index is 0.110. The standard InChI is InChI=1S/C24H21F2NO3/c25-19-9-10-21(22(26)16-19)17-5-4-8-20(15-17)27-13-11-24(12-14-28,30-23(27)29)18-6-2-1-3-7-18/h1-10,15-16,28H,11-14H2. The summed E-state index contributed by atoms with van der Waals surface area (Å²) in [6.07, 6.45) is 0.269. The topological polar surface area (TPSA) is 49.8 Å². The minimum atomic E-state index is -0.885. The first-order valence-corrected chi connectivity index (χ1v) is 9.75. The SMILES string of the molecule is O=C1OC(CCO)(c2ccccc2)CCN1c1cccc(-c2ccc(F)cc2F)c1. The molecule has 0 bridgehead atoms. The highest BCUT2D eigenvalue weighted by Crippen LogP contribution is 2.39. The van der Waals surface area contributed by atoms with E-state index in [1.54, 1.807) is 24.3 Å². The van der Waals surface area contributed by atoms with Crippen LogP contribution >= 0.6 is 0 Å². The van der Waals surface area contributed by atoms with E-state index in [4.69, 9.17) is 4.74 Å². The van der Waals surface area contributed by atoms with Crippen molar-refractivity contribution in [1.29, 1.82) is 0 Å². The number of aliphatic hydroxyl groups is 1. The minimum Gasteiger partial charge on any atom is -0.437 e. The third-order valence-corrected chi connectivity index (χ3v) is 5.46. The van der Waals surface area contributed by atoms with Crippen molar-refractivity contribution in [3.63, 3.8) is 0 Å². The van der Waals surface area contributed by atoms with Crippen LogP contribution in [0.4, 0.5) is 19.3 Å². The van der Waals surface area contributed by atoms with Crippen molar-refractivity contribution >= 4 is 11.8 Å². The maximum absolute atomic E-state index is 14.2. The normalized spacial score (nSPS) is 18.9. The molecular formula is C24H21F2NO3. The maximum atomic E-state index is 14.2. The molecule has 1 amide bonds. The van der Waals surface area contributed by atoms with E-state index < -0.39 is 23.3 Å². The molecule has 1 fully saturated rings. The Morgan fingerprint density at radius 1 is 1.00 bits per heavy atom. The van der Waals surface area contributed by atoms with Gasteiger partial charge in [-0.1, -0.05) is 42.5 Å². The number of carbonyl (C=O) groups is 1. The van der Waals surface area contributed by atoms with Crippen LogP contribution in [0.25, 0.3) is 11.1 Å². The van der Waals surface area contributed by atoms with Crippen molar-refractivity contribution in [3.05, 3.63) is 90.0 Å². The summed E-state index contributed by atoms with van der Waals surface area (Å²) in [7, 11) is 0. The summed E-state index contributed by atoms with van der Waals surface area (Å²) in [5.74, 6) is -1.31. The highest BCUT2D eigenvalue weighted by Gasteiger charge is 2.42. The van der Waals surface area contributed by atoms with E-state index in [1.165, 1.54) is 17.0 Å². The zero-order chi connectivity index (χ0) is 21.1. The lowest BCUT2D eigenvalue weighted by Crippen LogP contribution is -2.48. The van der Waals surface area contributed by atoms with Crippen molar-refractivity contribution in [1.82, 2.24) is 0 Å². The Kier molecular flexibility index (Phi) is 5.50. The average Bonchev–Trinajstić information content (AvgIpc) is 2.75. The molecule has 3 aromatic rings. The molecule has 1 atom stereocenters. The van der Waals surface area contributed by atoms with Gasteiger partial charge in [-0.15, -0.1) is 0 Å². The largest absolute Gasteiger partial charge is 0.437 e. The van der Waals surface area contributed by atoms with E-state index in [-0.39, 0.29) is 12.2 Å². The van der Waals surface area contributed by atoms with Crippen LogP contribution in [-0.4, -0.2) is 24.4 Å². The van der Waals surface area contributed by atoms with E-state index in [2.05, 4.69) is 0 Å². The van der Waals surface area contributed by atoms with Gasteiger partial charge in [0.1, 0.15) is 17.2 Å². The Hall–Kier alpha value is -3.25. The van der Waals surface area contributed by atoms with Crippen LogP contribution in [0.3, 0.4) is 0 Å². The summed E-state index contributed by atoms with van der Waals surface area (Å²) in [6, 6.07) is 19.6. The van der Waals surface area contributed by atoms with Crippen LogP contribution in [-0.2, 0) is 10.3 Å². The maximum Gasteiger partial charge on any atom is 0.415 e. The number of aliphatic hydroxyl groups excluding tert-OH is 1. The van der Waals surface area contributed by atoms with Crippen LogP contribution in [0.2, 0.25) is 0 Å². The second kappa shape index (κ2) is 8.24. The van der Waals surface area contributed by atoms with Crippen molar-refractivity contribution in [2.75, 3.05) is 18.1 Å². The number of hydrogen-bond donors (Lipinski definition) is 1. The summed E-state index contributed by atoms with van der Waals surface area (Å²) in [5, 5.41) is 9.56. The summed E-state index contributed by atoms with van der Waals surface area (Å²) in [6.45, 7) is 0.268. The molecule has 0 aromatic heterocycles. The van der Waals surface area contributed by atoms with Crippen LogP contribution < -0.4 is 4.90 Å². The first-order valence-electron chi connectivity index (χ1n) is 9.75. The van der Waals surface area contributed by atoms with Gasteiger partial charge in [0.25, 0.3) is 0 Å². The Morgan fingerprint density at radius 2 is 1.80 bits per heavy atom. The number of benzene rings is 3. The molecule has 1 N–H and O–H groups in total. The molecule has 30 heavy (non-hydrogen) atoms. The zero-order valence-corrected chi connectivity index (χ0v) is 16.2. The molecule has 1 heterocycles. The van der Waals surface area contributed by atoms with E-state index in [1.807, 2.05) is 30.3 Å². The Morgan fingerprint density at radius 3 is 2.50 bits per heavy atom. The molecule has 154 valence electrons. The fourth-order valence-electron chi connectivity index (χ4n) is 3.90. The zero-order valence-electron chi connectivity index (χ0n) is 16.2. The van der Waals surface area contributed by atoms with E-state index in [9.17, 15) is 18.7 Å². The predicted molar refractivity (Wildman–Crippen MR) is 110 cm³/mol. The number of hydrogen-bond acceptors (Lipinski definition) is 3. The molecule has 0 radical (unpaired) electrons. The fraction of sp³-hybridized carbons (Fsp3) is 0.208. The lowest BCUT2D eigenvalue weighted by molar-refractivity contribution is -0.0257. The smallest absolute Gasteiger partial charge is 0.415 e. The number of nitrogens with zero attached hydrogens (tertiary/aromatic N) is 1. The van der Waals surface area contributed by atoms with Crippen molar-refractivity contribution in [3.8, 4) is 11.1 Å². The molecule has 1 unspecified atom stereocenters. The molecule has 0 saturated carbocycles. The van der Waals surface area contributed by atoms with E-state index in [0.717, 1.165) is 11.6 Å². The van der Waals surface area contributed by atoms with Crippen molar-refractivity contribution < 1.29 is 23.4 Å². The third kappa shape index (κ3) is 3.78. The molecule has 1 aliphatic rings. The number of anilines is 1. The number of cyclic esters (lactones) is 1. The van der Waals surface area contributed by atoms with Gasteiger partial charge in [0.2, 0.25) is 0 Å². The van der Waals surface area contributed by atoms with Gasteiger partial charge in [0.05, 0.1) is 0 Å². The Labute approximate surface area is 173 Å². The lowest BCUT2D eigenvalue weighted by atomic mass is 9.86. The van der Waals surface area contributed by atoms with Crippen molar-refractivity contribution in [2.24, 2.45) is 0 Å². The quantitative estimate of drug-likeness (QED) is 0.626. The summed E-state index contributed by atoms with van der Waals surface area (Å²) in [5.41, 5.74) is 1.31. The van der Waals surface area contributed by atoms with Gasteiger partial charge in [0.15, 0.2) is 0 Å². The van der Waals surface area contributed by atoms with E-state index in [0.29, 0.717) is 30.6 Å². The van der Waals surface area contributed by atoms with Gasteiger partial charge < -0.3 is 9.84 Å². The molecule has 6 heteroatoms. The molecule has 0 spiro atoms. The van der Waals surface area contributed by atoms with E-state index >= 15 is 0 Å².